The molecule has 1 aliphatic rings. The van der Waals surface area contributed by atoms with Gasteiger partial charge in [0, 0.05) is 13.1 Å². The van der Waals surface area contributed by atoms with Gasteiger partial charge in [0.05, 0.1) is 5.92 Å². The molecule has 1 aliphatic heterocycles. The summed E-state index contributed by atoms with van der Waals surface area (Å²) in [6.45, 7) is 2.96. The molecule has 0 bridgehead atoms. The molecule has 120 valence electrons. The standard InChI is InChI=1S/C20H24N2O/c1-22-13-12-16(15-22)14-21-20(23)19(17-8-4-2-5-9-17)18-10-6-3-7-11-18/h2-11,16,19H,12-15H2,1H3,(H,21,23). The molecule has 1 saturated heterocycles. The van der Waals surface area contributed by atoms with Crippen molar-refractivity contribution in [3.63, 3.8) is 0 Å². The maximum absolute atomic E-state index is 12.9. The van der Waals surface area contributed by atoms with Gasteiger partial charge in [-0.2, -0.15) is 0 Å². The van der Waals surface area contributed by atoms with E-state index in [-0.39, 0.29) is 11.8 Å². The second-order valence-corrected chi connectivity index (χ2v) is 6.42. The van der Waals surface area contributed by atoms with Crippen molar-refractivity contribution < 1.29 is 4.79 Å². The second kappa shape index (κ2) is 7.42. The average Bonchev–Trinajstić information content (AvgIpc) is 3.01. The summed E-state index contributed by atoms with van der Waals surface area (Å²) in [5.41, 5.74) is 2.08. The van der Waals surface area contributed by atoms with E-state index >= 15 is 0 Å². The Hall–Kier alpha value is -2.13. The van der Waals surface area contributed by atoms with Crippen molar-refractivity contribution in [1.29, 1.82) is 0 Å². The number of amides is 1. The molecule has 0 aromatic heterocycles. The van der Waals surface area contributed by atoms with Crippen LogP contribution in [0.4, 0.5) is 0 Å². The summed E-state index contributed by atoms with van der Waals surface area (Å²) in [6, 6.07) is 20.0. The minimum absolute atomic E-state index is 0.0944. The third kappa shape index (κ3) is 3.99. The fourth-order valence-corrected chi connectivity index (χ4v) is 3.33. The first kappa shape index (κ1) is 15.8. The third-order valence-corrected chi connectivity index (χ3v) is 4.58. The Morgan fingerprint density at radius 1 is 1.09 bits per heavy atom. The molecule has 0 saturated carbocycles. The van der Waals surface area contributed by atoms with Crippen molar-refractivity contribution in [3.8, 4) is 0 Å². The minimum Gasteiger partial charge on any atom is -0.355 e. The monoisotopic (exact) mass is 308 g/mol. The van der Waals surface area contributed by atoms with E-state index in [1.165, 1.54) is 0 Å². The largest absolute Gasteiger partial charge is 0.355 e. The molecule has 2 aromatic carbocycles. The third-order valence-electron chi connectivity index (χ3n) is 4.58. The van der Waals surface area contributed by atoms with Gasteiger partial charge < -0.3 is 10.2 Å². The Morgan fingerprint density at radius 3 is 2.13 bits per heavy atom. The molecule has 1 N–H and O–H groups in total. The number of nitrogens with one attached hydrogen (secondary N) is 1. The van der Waals surface area contributed by atoms with Gasteiger partial charge in [-0.1, -0.05) is 60.7 Å². The molecule has 0 spiro atoms. The van der Waals surface area contributed by atoms with Gasteiger partial charge >= 0.3 is 0 Å². The minimum atomic E-state index is -0.239. The van der Waals surface area contributed by atoms with Crippen LogP contribution in [0.5, 0.6) is 0 Å². The van der Waals surface area contributed by atoms with Crippen LogP contribution >= 0.6 is 0 Å². The van der Waals surface area contributed by atoms with Crippen molar-refractivity contribution >= 4 is 5.91 Å². The van der Waals surface area contributed by atoms with Crippen LogP contribution in [0.15, 0.2) is 60.7 Å². The molecule has 0 radical (unpaired) electrons. The van der Waals surface area contributed by atoms with E-state index in [0.717, 1.165) is 37.2 Å². The molecule has 3 nitrogen and oxygen atoms in total. The quantitative estimate of drug-likeness (QED) is 0.921. The lowest BCUT2D eigenvalue weighted by molar-refractivity contribution is -0.121. The number of benzene rings is 2. The molecule has 1 atom stereocenters. The number of hydrogen-bond acceptors (Lipinski definition) is 2. The fraction of sp³-hybridized carbons (Fsp3) is 0.350. The summed E-state index contributed by atoms with van der Waals surface area (Å²) in [7, 11) is 2.14. The summed E-state index contributed by atoms with van der Waals surface area (Å²) >= 11 is 0. The van der Waals surface area contributed by atoms with Crippen LogP contribution in [-0.4, -0.2) is 37.5 Å². The molecule has 1 fully saturated rings. The van der Waals surface area contributed by atoms with Crippen molar-refractivity contribution in [2.24, 2.45) is 5.92 Å². The number of carbonyl (C=O) groups is 1. The summed E-state index contributed by atoms with van der Waals surface area (Å²) in [5, 5.41) is 3.18. The molecule has 23 heavy (non-hydrogen) atoms. The lowest BCUT2D eigenvalue weighted by atomic mass is 9.90. The fourth-order valence-electron chi connectivity index (χ4n) is 3.33. The molecule has 3 heteroatoms. The van der Waals surface area contributed by atoms with Crippen molar-refractivity contribution in [1.82, 2.24) is 10.2 Å². The first-order valence-electron chi connectivity index (χ1n) is 8.30. The highest BCUT2D eigenvalue weighted by Crippen LogP contribution is 2.25. The summed E-state index contributed by atoms with van der Waals surface area (Å²) in [5.74, 6) is 0.421. The lowest BCUT2D eigenvalue weighted by Crippen LogP contribution is -2.34. The highest BCUT2D eigenvalue weighted by atomic mass is 16.1. The Balaban J connectivity index is 1.74. The SMILES string of the molecule is CN1CCC(CNC(=O)C(c2ccccc2)c2ccccc2)C1. The maximum atomic E-state index is 12.9. The van der Waals surface area contributed by atoms with Crippen LogP contribution in [0.25, 0.3) is 0 Å². The molecule has 3 rings (SSSR count). The molecule has 1 amide bonds. The lowest BCUT2D eigenvalue weighted by Gasteiger charge is -2.19. The van der Waals surface area contributed by atoms with Gasteiger partial charge in [-0.05, 0) is 37.1 Å². The maximum Gasteiger partial charge on any atom is 0.232 e. The van der Waals surface area contributed by atoms with Gasteiger partial charge in [0.25, 0.3) is 0 Å². The number of carbonyl (C=O) groups excluding carboxylic acids is 1. The molecular formula is C20H24N2O. The van der Waals surface area contributed by atoms with Crippen LogP contribution in [-0.2, 0) is 4.79 Å². The highest BCUT2D eigenvalue weighted by molar-refractivity contribution is 5.87. The van der Waals surface area contributed by atoms with E-state index in [2.05, 4.69) is 17.3 Å². The van der Waals surface area contributed by atoms with Crippen molar-refractivity contribution in [2.45, 2.75) is 12.3 Å². The number of likely N-dealkylation sites (tertiary alicyclic amines) is 1. The predicted molar refractivity (Wildman–Crippen MR) is 93.3 cm³/mol. The Morgan fingerprint density at radius 2 is 1.65 bits per heavy atom. The van der Waals surface area contributed by atoms with Gasteiger partial charge in [0.2, 0.25) is 5.91 Å². The number of rotatable bonds is 5. The molecular weight excluding hydrogens is 284 g/mol. The first-order chi connectivity index (χ1) is 11.2. The highest BCUT2D eigenvalue weighted by Gasteiger charge is 2.25. The second-order valence-electron chi connectivity index (χ2n) is 6.42. The van der Waals surface area contributed by atoms with Gasteiger partial charge in [-0.25, -0.2) is 0 Å². The van der Waals surface area contributed by atoms with Crippen LogP contribution in [0.3, 0.4) is 0 Å². The average molecular weight is 308 g/mol. The smallest absolute Gasteiger partial charge is 0.232 e. The van der Waals surface area contributed by atoms with E-state index in [4.69, 9.17) is 0 Å². The summed E-state index contributed by atoms with van der Waals surface area (Å²) in [6.07, 6.45) is 1.16. The normalized spacial score (nSPS) is 18.3. The zero-order valence-corrected chi connectivity index (χ0v) is 13.6. The van der Waals surface area contributed by atoms with Crippen molar-refractivity contribution in [2.75, 3.05) is 26.7 Å². The first-order valence-corrected chi connectivity index (χ1v) is 8.30. The van der Waals surface area contributed by atoms with Gasteiger partial charge in [0.15, 0.2) is 0 Å². The molecule has 0 aliphatic carbocycles. The van der Waals surface area contributed by atoms with Crippen LogP contribution in [0.2, 0.25) is 0 Å². The van der Waals surface area contributed by atoms with Gasteiger partial charge in [-0.3, -0.25) is 4.79 Å². The Bertz CT molecular complexity index is 587. The van der Waals surface area contributed by atoms with Crippen LogP contribution < -0.4 is 5.32 Å². The van der Waals surface area contributed by atoms with Gasteiger partial charge in [-0.15, -0.1) is 0 Å². The van der Waals surface area contributed by atoms with Crippen LogP contribution in [0.1, 0.15) is 23.5 Å². The van der Waals surface area contributed by atoms with Crippen LogP contribution in [0, 0.1) is 5.92 Å². The molecule has 1 unspecified atom stereocenters. The van der Waals surface area contributed by atoms with Gasteiger partial charge in [0.1, 0.15) is 0 Å². The topological polar surface area (TPSA) is 32.3 Å². The Labute approximate surface area is 138 Å². The Kier molecular flexibility index (Phi) is 5.09. The van der Waals surface area contributed by atoms with E-state index in [0.29, 0.717) is 5.92 Å². The van der Waals surface area contributed by atoms with E-state index in [9.17, 15) is 4.79 Å². The molecule has 1 heterocycles. The van der Waals surface area contributed by atoms with E-state index in [1.807, 2.05) is 60.7 Å². The number of hydrogen-bond donors (Lipinski definition) is 1. The number of nitrogens with zero attached hydrogens (tertiary/aromatic N) is 1. The zero-order valence-electron chi connectivity index (χ0n) is 13.6. The summed E-state index contributed by atoms with van der Waals surface area (Å²) < 4.78 is 0. The van der Waals surface area contributed by atoms with Crippen molar-refractivity contribution in [3.05, 3.63) is 71.8 Å². The van der Waals surface area contributed by atoms with E-state index < -0.39 is 0 Å². The molecule has 2 aromatic rings. The zero-order chi connectivity index (χ0) is 16.1. The van der Waals surface area contributed by atoms with E-state index in [1.54, 1.807) is 0 Å². The summed E-state index contributed by atoms with van der Waals surface area (Å²) in [4.78, 5) is 15.2. The predicted octanol–water partition coefficient (Wildman–Crippen LogP) is 2.89.